The van der Waals surface area contributed by atoms with Crippen LogP contribution in [0.25, 0.3) is 0 Å². The average Bonchev–Trinajstić information content (AvgIpc) is 2.78. The number of carbonyl (C=O) groups is 3. The fourth-order valence-electron chi connectivity index (χ4n) is 4.11. The van der Waals surface area contributed by atoms with Crippen molar-refractivity contribution < 1.29 is 19.5 Å². The van der Waals surface area contributed by atoms with Gasteiger partial charge in [-0.1, -0.05) is 38.3 Å². The van der Waals surface area contributed by atoms with Gasteiger partial charge in [0.05, 0.1) is 11.1 Å². The second kappa shape index (κ2) is 7.99. The summed E-state index contributed by atoms with van der Waals surface area (Å²) < 4.78 is 0. The molecule has 0 spiro atoms. The Bertz CT molecular complexity index is 668. The van der Waals surface area contributed by atoms with Crippen molar-refractivity contribution in [2.75, 3.05) is 0 Å². The molecule has 2 amide bonds. The molecule has 3 unspecified atom stereocenters. The maximum atomic E-state index is 12.7. The van der Waals surface area contributed by atoms with Gasteiger partial charge in [0.2, 0.25) is 0 Å². The third-order valence-electron chi connectivity index (χ3n) is 5.40. The Balaban J connectivity index is 1.75. The first-order valence-electron chi connectivity index (χ1n) is 9.48. The molecule has 1 aromatic carbocycles. The van der Waals surface area contributed by atoms with Gasteiger partial charge in [-0.3, -0.25) is 19.3 Å². The van der Waals surface area contributed by atoms with Crippen molar-refractivity contribution >= 4 is 17.8 Å². The van der Waals surface area contributed by atoms with E-state index in [-0.39, 0.29) is 23.9 Å². The van der Waals surface area contributed by atoms with Gasteiger partial charge >= 0.3 is 5.97 Å². The zero-order valence-electron chi connectivity index (χ0n) is 15.1. The van der Waals surface area contributed by atoms with E-state index in [9.17, 15) is 19.5 Å². The zero-order valence-corrected chi connectivity index (χ0v) is 15.1. The quantitative estimate of drug-likeness (QED) is 0.603. The monoisotopic (exact) mass is 358 g/mol. The number of imide groups is 1. The SMILES string of the molecule is CCCC(NC1CCCCC(N2C(=O)c3ccccc3C2=O)C1)C(=O)O. The molecular formula is C20H26N2O4. The van der Waals surface area contributed by atoms with Crippen LogP contribution in [0.15, 0.2) is 24.3 Å². The highest BCUT2D eigenvalue weighted by molar-refractivity contribution is 6.21. The highest BCUT2D eigenvalue weighted by Crippen LogP contribution is 2.30. The molecule has 0 aromatic heterocycles. The number of benzene rings is 1. The number of amides is 2. The Hall–Kier alpha value is -2.21. The topological polar surface area (TPSA) is 86.7 Å². The van der Waals surface area contributed by atoms with Crippen molar-refractivity contribution in [3.05, 3.63) is 35.4 Å². The molecule has 1 heterocycles. The summed E-state index contributed by atoms with van der Waals surface area (Å²) in [5.74, 6) is -1.28. The molecule has 6 nitrogen and oxygen atoms in total. The standard InChI is InChI=1S/C20H26N2O4/c1-2-7-17(20(25)26)21-13-8-3-4-9-14(12-13)22-18(23)15-10-5-6-11-16(15)19(22)24/h5-6,10-11,13-14,17,21H,2-4,7-9,12H2,1H3,(H,25,26). The van der Waals surface area contributed by atoms with E-state index in [1.54, 1.807) is 24.3 Å². The van der Waals surface area contributed by atoms with Crippen LogP contribution >= 0.6 is 0 Å². The first-order valence-corrected chi connectivity index (χ1v) is 9.48. The lowest BCUT2D eigenvalue weighted by molar-refractivity contribution is -0.140. The van der Waals surface area contributed by atoms with E-state index >= 15 is 0 Å². The molecule has 0 radical (unpaired) electrons. The minimum Gasteiger partial charge on any atom is -0.480 e. The summed E-state index contributed by atoms with van der Waals surface area (Å²) in [4.78, 5) is 38.4. The lowest BCUT2D eigenvalue weighted by atomic mass is 10.0. The molecule has 6 heteroatoms. The number of hydrogen-bond acceptors (Lipinski definition) is 4. The summed E-state index contributed by atoms with van der Waals surface area (Å²) in [6.45, 7) is 1.96. The summed E-state index contributed by atoms with van der Waals surface area (Å²) in [6, 6.07) is 6.18. The van der Waals surface area contributed by atoms with Crippen LogP contribution in [0.5, 0.6) is 0 Å². The highest BCUT2D eigenvalue weighted by atomic mass is 16.4. The number of nitrogens with zero attached hydrogens (tertiary/aromatic N) is 1. The lowest BCUT2D eigenvalue weighted by Gasteiger charge is -2.29. The number of fused-ring (bicyclic) bond motifs is 1. The van der Waals surface area contributed by atoms with Crippen molar-refractivity contribution in [1.29, 1.82) is 0 Å². The van der Waals surface area contributed by atoms with Gasteiger partial charge in [-0.25, -0.2) is 0 Å². The Kier molecular flexibility index (Phi) is 5.71. The van der Waals surface area contributed by atoms with E-state index in [0.29, 0.717) is 24.0 Å². The molecular weight excluding hydrogens is 332 g/mol. The van der Waals surface area contributed by atoms with Gasteiger partial charge in [-0.2, -0.15) is 0 Å². The van der Waals surface area contributed by atoms with Gasteiger partial charge in [0.25, 0.3) is 11.8 Å². The zero-order chi connectivity index (χ0) is 18.7. The first-order chi connectivity index (χ1) is 12.5. The van der Waals surface area contributed by atoms with Gasteiger partial charge in [0.15, 0.2) is 0 Å². The van der Waals surface area contributed by atoms with Crippen LogP contribution in [0.1, 0.15) is 72.6 Å². The normalized spacial score (nSPS) is 24.3. The summed E-state index contributed by atoms with van der Waals surface area (Å²) in [5.41, 5.74) is 0.946. The maximum absolute atomic E-state index is 12.7. The Morgan fingerprint density at radius 1 is 1.19 bits per heavy atom. The molecule has 0 saturated heterocycles. The van der Waals surface area contributed by atoms with Crippen molar-refractivity contribution in [3.63, 3.8) is 0 Å². The Morgan fingerprint density at radius 3 is 2.38 bits per heavy atom. The van der Waals surface area contributed by atoms with Crippen LogP contribution in [0, 0.1) is 0 Å². The van der Waals surface area contributed by atoms with Crippen molar-refractivity contribution in [3.8, 4) is 0 Å². The predicted molar refractivity (Wildman–Crippen MR) is 97.1 cm³/mol. The Morgan fingerprint density at radius 2 is 1.81 bits per heavy atom. The van der Waals surface area contributed by atoms with Crippen LogP contribution in [0.4, 0.5) is 0 Å². The van der Waals surface area contributed by atoms with Crippen LogP contribution in [0.2, 0.25) is 0 Å². The van der Waals surface area contributed by atoms with Gasteiger partial charge in [-0.05, 0) is 37.8 Å². The third kappa shape index (κ3) is 3.65. The summed E-state index contributed by atoms with van der Waals surface area (Å²) >= 11 is 0. The molecule has 1 aromatic rings. The molecule has 1 aliphatic heterocycles. The largest absolute Gasteiger partial charge is 0.480 e. The molecule has 3 rings (SSSR count). The van der Waals surface area contributed by atoms with Gasteiger partial charge in [-0.15, -0.1) is 0 Å². The fourth-order valence-corrected chi connectivity index (χ4v) is 4.11. The molecule has 2 N–H and O–H groups in total. The number of aliphatic carboxylic acids is 1. The minimum absolute atomic E-state index is 0.000498. The summed E-state index contributed by atoms with van der Waals surface area (Å²) in [7, 11) is 0. The van der Waals surface area contributed by atoms with Crippen molar-refractivity contribution in [2.45, 2.75) is 70.0 Å². The van der Waals surface area contributed by atoms with E-state index in [4.69, 9.17) is 0 Å². The molecule has 26 heavy (non-hydrogen) atoms. The molecule has 3 atom stereocenters. The molecule has 0 bridgehead atoms. The van der Waals surface area contributed by atoms with E-state index in [1.807, 2.05) is 6.92 Å². The van der Waals surface area contributed by atoms with Crippen molar-refractivity contribution in [2.24, 2.45) is 0 Å². The number of hydrogen-bond donors (Lipinski definition) is 2. The summed E-state index contributed by atoms with van der Waals surface area (Å²) in [5, 5.41) is 12.7. The highest BCUT2D eigenvalue weighted by Gasteiger charge is 2.41. The van der Waals surface area contributed by atoms with E-state index < -0.39 is 12.0 Å². The maximum Gasteiger partial charge on any atom is 0.320 e. The second-order valence-corrected chi connectivity index (χ2v) is 7.24. The average molecular weight is 358 g/mol. The number of carboxylic acid groups (broad SMARTS) is 1. The summed E-state index contributed by atoms with van der Waals surface area (Å²) in [6.07, 6.45) is 5.51. The van der Waals surface area contributed by atoms with E-state index in [2.05, 4.69) is 5.32 Å². The number of rotatable bonds is 6. The molecule has 2 aliphatic rings. The third-order valence-corrected chi connectivity index (χ3v) is 5.40. The van der Waals surface area contributed by atoms with Crippen molar-refractivity contribution in [1.82, 2.24) is 10.2 Å². The Labute approximate surface area is 153 Å². The van der Waals surface area contributed by atoms with Gasteiger partial charge in [0, 0.05) is 12.1 Å². The van der Waals surface area contributed by atoms with Gasteiger partial charge < -0.3 is 10.4 Å². The fraction of sp³-hybridized carbons (Fsp3) is 0.550. The van der Waals surface area contributed by atoms with Crippen LogP contribution < -0.4 is 5.32 Å². The van der Waals surface area contributed by atoms with Gasteiger partial charge in [0.1, 0.15) is 6.04 Å². The minimum atomic E-state index is -0.839. The van der Waals surface area contributed by atoms with Crippen LogP contribution in [-0.2, 0) is 4.79 Å². The molecule has 1 fully saturated rings. The van der Waals surface area contributed by atoms with Crippen LogP contribution in [-0.4, -0.2) is 45.9 Å². The second-order valence-electron chi connectivity index (χ2n) is 7.24. The first kappa shape index (κ1) is 18.6. The van der Waals surface area contributed by atoms with Crippen LogP contribution in [0.3, 0.4) is 0 Å². The predicted octanol–water partition coefficient (Wildman–Crippen LogP) is 2.83. The molecule has 140 valence electrons. The van der Waals surface area contributed by atoms with E-state index in [1.165, 1.54) is 4.90 Å². The molecule has 1 saturated carbocycles. The number of nitrogens with one attached hydrogen (secondary N) is 1. The number of carbonyl (C=O) groups excluding carboxylic acids is 2. The number of carboxylic acids is 1. The smallest absolute Gasteiger partial charge is 0.320 e. The molecule has 1 aliphatic carbocycles. The van der Waals surface area contributed by atoms with E-state index in [0.717, 1.165) is 32.1 Å². The lowest BCUT2D eigenvalue weighted by Crippen LogP contribution is -2.47.